The van der Waals surface area contributed by atoms with Crippen molar-refractivity contribution in [2.45, 2.75) is 26.7 Å². The van der Waals surface area contributed by atoms with Gasteiger partial charge in [0.1, 0.15) is 11.0 Å². The lowest BCUT2D eigenvalue weighted by Gasteiger charge is -2.10. The summed E-state index contributed by atoms with van der Waals surface area (Å²) >= 11 is 14.4. The summed E-state index contributed by atoms with van der Waals surface area (Å²) in [6.07, 6.45) is 1.55. The molecular weight excluding hydrogens is 406 g/mol. The van der Waals surface area contributed by atoms with Crippen LogP contribution in [0.4, 0.5) is 0 Å². The van der Waals surface area contributed by atoms with E-state index in [0.29, 0.717) is 17.5 Å². The van der Waals surface area contributed by atoms with Crippen LogP contribution < -0.4 is 0 Å². The maximum absolute atomic E-state index is 6.22. The Bertz CT molecular complexity index is 615. The summed E-state index contributed by atoms with van der Waals surface area (Å²) in [6.45, 7) is 4.34. The van der Waals surface area contributed by atoms with Crippen molar-refractivity contribution in [3.8, 4) is 0 Å². The van der Waals surface area contributed by atoms with Crippen molar-refractivity contribution in [2.24, 2.45) is 5.92 Å². The molecule has 1 aromatic carbocycles. The molecule has 106 valence electrons. The highest BCUT2D eigenvalue weighted by Crippen LogP contribution is 2.22. The Morgan fingerprint density at radius 2 is 1.95 bits per heavy atom. The van der Waals surface area contributed by atoms with Crippen LogP contribution in [-0.4, -0.2) is 9.97 Å². The first-order valence-corrected chi connectivity index (χ1v) is 8.24. The minimum Gasteiger partial charge on any atom is -0.236 e. The molecule has 0 aliphatic carbocycles. The molecule has 2 rings (SSSR count). The summed E-state index contributed by atoms with van der Waals surface area (Å²) in [5.74, 6) is 1.28. The fourth-order valence-corrected chi connectivity index (χ4v) is 2.82. The first-order chi connectivity index (χ1) is 9.45. The number of hydrogen-bond donors (Lipinski definition) is 0. The van der Waals surface area contributed by atoms with E-state index in [1.165, 1.54) is 0 Å². The second-order valence-corrected chi connectivity index (χ2v) is 6.97. The molecule has 0 bridgehead atoms. The van der Waals surface area contributed by atoms with E-state index in [9.17, 15) is 0 Å². The van der Waals surface area contributed by atoms with Gasteiger partial charge in [-0.15, -0.1) is 0 Å². The van der Waals surface area contributed by atoms with Crippen LogP contribution >= 0.6 is 45.8 Å². The standard InChI is InChI=1S/C15H15Cl2IN2/c1-9(2)6-12-14(18)15(17)20-13(19-12)8-10-4-3-5-11(16)7-10/h3-5,7,9H,6,8H2,1-2H3. The smallest absolute Gasteiger partial charge is 0.146 e. The lowest BCUT2D eigenvalue weighted by Crippen LogP contribution is -2.07. The summed E-state index contributed by atoms with van der Waals surface area (Å²) < 4.78 is 0.952. The van der Waals surface area contributed by atoms with Crippen LogP contribution in [0.25, 0.3) is 0 Å². The molecule has 1 aromatic heterocycles. The Labute approximate surface area is 143 Å². The highest BCUT2D eigenvalue weighted by atomic mass is 127. The zero-order chi connectivity index (χ0) is 14.7. The van der Waals surface area contributed by atoms with Gasteiger partial charge in [0.25, 0.3) is 0 Å². The van der Waals surface area contributed by atoms with Crippen LogP contribution in [0, 0.1) is 9.49 Å². The van der Waals surface area contributed by atoms with Gasteiger partial charge in [0.2, 0.25) is 0 Å². The highest BCUT2D eigenvalue weighted by molar-refractivity contribution is 14.1. The SMILES string of the molecule is CC(C)Cc1nc(Cc2cccc(Cl)c2)nc(Cl)c1I. The zero-order valence-corrected chi connectivity index (χ0v) is 15.0. The van der Waals surface area contributed by atoms with Crippen LogP contribution in [0.3, 0.4) is 0 Å². The molecule has 0 amide bonds. The van der Waals surface area contributed by atoms with Gasteiger partial charge in [-0.05, 0) is 52.6 Å². The molecule has 0 unspecified atom stereocenters. The Hall–Kier alpha value is -0.390. The Kier molecular flexibility index (Phi) is 5.64. The third kappa shape index (κ3) is 4.30. The van der Waals surface area contributed by atoms with Crippen LogP contribution in [0.1, 0.15) is 30.9 Å². The van der Waals surface area contributed by atoms with E-state index in [1.54, 1.807) is 0 Å². The highest BCUT2D eigenvalue weighted by Gasteiger charge is 2.12. The van der Waals surface area contributed by atoms with Crippen LogP contribution in [0.15, 0.2) is 24.3 Å². The molecule has 1 heterocycles. The largest absolute Gasteiger partial charge is 0.236 e. The molecule has 2 nitrogen and oxygen atoms in total. The molecule has 0 fully saturated rings. The maximum atomic E-state index is 6.22. The predicted octanol–water partition coefficient (Wildman–Crippen LogP) is 5.18. The average Bonchev–Trinajstić information content (AvgIpc) is 2.35. The van der Waals surface area contributed by atoms with Gasteiger partial charge in [0.05, 0.1) is 9.26 Å². The molecule has 0 radical (unpaired) electrons. The second-order valence-electron chi connectivity index (χ2n) is 5.10. The fourth-order valence-electron chi connectivity index (χ4n) is 1.94. The van der Waals surface area contributed by atoms with E-state index in [-0.39, 0.29) is 0 Å². The molecule has 0 saturated carbocycles. The molecule has 5 heteroatoms. The van der Waals surface area contributed by atoms with Crippen molar-refractivity contribution in [3.63, 3.8) is 0 Å². The molecular formula is C15H15Cl2IN2. The van der Waals surface area contributed by atoms with Crippen LogP contribution in [-0.2, 0) is 12.8 Å². The van der Waals surface area contributed by atoms with Gasteiger partial charge in [0.15, 0.2) is 0 Å². The second kappa shape index (κ2) is 7.05. The molecule has 0 N–H and O–H groups in total. The third-order valence-electron chi connectivity index (χ3n) is 2.78. The van der Waals surface area contributed by atoms with Crippen molar-refractivity contribution in [2.75, 3.05) is 0 Å². The van der Waals surface area contributed by atoms with E-state index in [1.807, 2.05) is 24.3 Å². The van der Waals surface area contributed by atoms with E-state index in [0.717, 1.165) is 32.1 Å². The van der Waals surface area contributed by atoms with Crippen molar-refractivity contribution in [3.05, 3.63) is 55.1 Å². The first-order valence-electron chi connectivity index (χ1n) is 6.41. The topological polar surface area (TPSA) is 25.8 Å². The molecule has 0 atom stereocenters. The van der Waals surface area contributed by atoms with E-state index in [4.69, 9.17) is 23.2 Å². The van der Waals surface area contributed by atoms with Gasteiger partial charge < -0.3 is 0 Å². The van der Waals surface area contributed by atoms with Crippen molar-refractivity contribution >= 4 is 45.8 Å². The monoisotopic (exact) mass is 420 g/mol. The maximum Gasteiger partial charge on any atom is 0.146 e. The van der Waals surface area contributed by atoms with Crippen LogP contribution in [0.5, 0.6) is 0 Å². The Morgan fingerprint density at radius 1 is 1.20 bits per heavy atom. The number of nitrogens with zero attached hydrogens (tertiary/aromatic N) is 2. The first kappa shape index (κ1) is 16.0. The Balaban J connectivity index is 2.30. The normalized spacial score (nSPS) is 11.1. The van der Waals surface area contributed by atoms with Crippen molar-refractivity contribution in [1.29, 1.82) is 0 Å². The fraction of sp³-hybridized carbons (Fsp3) is 0.333. The summed E-state index contributed by atoms with van der Waals surface area (Å²) in [4.78, 5) is 9.02. The number of aromatic nitrogens is 2. The lowest BCUT2D eigenvalue weighted by molar-refractivity contribution is 0.628. The molecule has 0 aliphatic heterocycles. The minimum atomic E-state index is 0.535. The summed E-state index contributed by atoms with van der Waals surface area (Å²) in [5, 5.41) is 1.26. The molecule has 0 saturated heterocycles. The predicted molar refractivity (Wildman–Crippen MR) is 92.6 cm³/mol. The summed E-state index contributed by atoms with van der Waals surface area (Å²) in [7, 11) is 0. The Morgan fingerprint density at radius 3 is 2.60 bits per heavy atom. The molecule has 0 spiro atoms. The van der Waals surface area contributed by atoms with E-state index >= 15 is 0 Å². The van der Waals surface area contributed by atoms with Gasteiger partial charge in [-0.25, -0.2) is 9.97 Å². The molecule has 2 aromatic rings. The third-order valence-corrected chi connectivity index (χ3v) is 4.74. The number of benzene rings is 1. The average molecular weight is 421 g/mol. The van der Waals surface area contributed by atoms with Gasteiger partial charge >= 0.3 is 0 Å². The zero-order valence-electron chi connectivity index (χ0n) is 11.3. The van der Waals surface area contributed by atoms with Gasteiger partial charge in [-0.1, -0.05) is 49.2 Å². The number of rotatable bonds is 4. The summed E-state index contributed by atoms with van der Waals surface area (Å²) in [6, 6.07) is 7.74. The van der Waals surface area contributed by atoms with Crippen molar-refractivity contribution in [1.82, 2.24) is 9.97 Å². The number of hydrogen-bond acceptors (Lipinski definition) is 2. The number of halogens is 3. The minimum absolute atomic E-state index is 0.535. The molecule has 20 heavy (non-hydrogen) atoms. The molecule has 0 aliphatic rings. The van der Waals surface area contributed by atoms with Gasteiger partial charge in [0, 0.05) is 11.4 Å². The van der Waals surface area contributed by atoms with Gasteiger partial charge in [-0.3, -0.25) is 0 Å². The van der Waals surface area contributed by atoms with Crippen LogP contribution in [0.2, 0.25) is 10.2 Å². The van der Waals surface area contributed by atoms with E-state index < -0.39 is 0 Å². The van der Waals surface area contributed by atoms with Crippen molar-refractivity contribution < 1.29 is 0 Å². The van der Waals surface area contributed by atoms with Gasteiger partial charge in [-0.2, -0.15) is 0 Å². The van der Waals surface area contributed by atoms with E-state index in [2.05, 4.69) is 46.4 Å². The summed E-state index contributed by atoms with van der Waals surface area (Å²) in [5.41, 5.74) is 2.11. The lowest BCUT2D eigenvalue weighted by atomic mass is 10.1. The quantitative estimate of drug-likeness (QED) is 0.503.